The van der Waals surface area contributed by atoms with Crippen LogP contribution in [0, 0.1) is 0 Å². The molecule has 0 fully saturated rings. The van der Waals surface area contributed by atoms with E-state index < -0.39 is 11.9 Å². The molecule has 0 spiro atoms. The minimum absolute atomic E-state index is 0.565. The number of hydrogen-bond acceptors (Lipinski definition) is 4. The van der Waals surface area contributed by atoms with E-state index in [1.54, 1.807) is 35.0 Å². The summed E-state index contributed by atoms with van der Waals surface area (Å²) < 4.78 is 39.3. The van der Waals surface area contributed by atoms with E-state index in [0.717, 1.165) is 16.7 Å². The molecule has 4 nitrogen and oxygen atoms in total. The maximum atomic E-state index is 12.6. The summed E-state index contributed by atoms with van der Waals surface area (Å²) in [5, 5.41) is 4.27. The Morgan fingerprint density at radius 1 is 1.08 bits per heavy atom. The number of alkyl halides is 3. The van der Waals surface area contributed by atoms with Crippen molar-refractivity contribution in [3.05, 3.63) is 54.7 Å². The summed E-state index contributed by atoms with van der Waals surface area (Å²) >= 11 is 1.65. The van der Waals surface area contributed by atoms with Crippen LogP contribution in [-0.4, -0.2) is 25.5 Å². The average Bonchev–Trinajstić information content (AvgIpc) is 3.05. The topological polar surface area (TPSA) is 43.6 Å². The molecule has 124 valence electrons. The minimum Gasteiger partial charge on any atom is -0.251 e. The number of halogens is 3. The molecule has 8 heteroatoms. The molecule has 0 saturated carbocycles. The van der Waals surface area contributed by atoms with Gasteiger partial charge in [0.15, 0.2) is 5.82 Å². The van der Waals surface area contributed by atoms with Gasteiger partial charge < -0.3 is 0 Å². The van der Waals surface area contributed by atoms with Crippen LogP contribution in [0.5, 0.6) is 0 Å². The Bertz CT molecular complexity index is 828. The molecule has 0 saturated heterocycles. The second-order valence-corrected chi connectivity index (χ2v) is 6.17. The van der Waals surface area contributed by atoms with E-state index in [1.165, 1.54) is 12.3 Å². The Kier molecular flexibility index (Phi) is 4.57. The van der Waals surface area contributed by atoms with Gasteiger partial charge in [-0.25, -0.2) is 9.67 Å². The smallest absolute Gasteiger partial charge is 0.251 e. The molecule has 0 aromatic carbocycles. The fourth-order valence-electron chi connectivity index (χ4n) is 2.14. The Morgan fingerprint density at radius 3 is 2.58 bits per heavy atom. The zero-order valence-corrected chi connectivity index (χ0v) is 13.5. The molecule has 3 aromatic rings. The molecule has 24 heavy (non-hydrogen) atoms. The van der Waals surface area contributed by atoms with Crippen molar-refractivity contribution < 1.29 is 13.2 Å². The van der Waals surface area contributed by atoms with Crippen molar-refractivity contribution in [2.24, 2.45) is 0 Å². The largest absolute Gasteiger partial charge is 0.433 e. The van der Waals surface area contributed by atoms with Gasteiger partial charge in [-0.15, -0.1) is 11.8 Å². The Morgan fingerprint density at radius 2 is 1.92 bits per heavy atom. The third kappa shape index (κ3) is 3.43. The second kappa shape index (κ2) is 6.64. The summed E-state index contributed by atoms with van der Waals surface area (Å²) in [5.41, 5.74) is 0.328. The SMILES string of the molecule is CCSc1cccnc1-n1cc(-c2ccc(C(F)(F)F)nc2)cn1. The number of pyridine rings is 2. The van der Waals surface area contributed by atoms with Gasteiger partial charge in [-0.2, -0.15) is 18.3 Å². The summed E-state index contributed by atoms with van der Waals surface area (Å²) in [4.78, 5) is 8.80. The van der Waals surface area contributed by atoms with Gasteiger partial charge in [0.1, 0.15) is 5.69 Å². The minimum atomic E-state index is -4.44. The van der Waals surface area contributed by atoms with Crippen molar-refractivity contribution in [1.29, 1.82) is 0 Å². The molecule has 0 N–H and O–H groups in total. The number of nitrogens with zero attached hydrogens (tertiary/aromatic N) is 4. The van der Waals surface area contributed by atoms with Gasteiger partial charge in [0.05, 0.1) is 11.1 Å². The number of hydrogen-bond donors (Lipinski definition) is 0. The lowest BCUT2D eigenvalue weighted by molar-refractivity contribution is -0.141. The van der Waals surface area contributed by atoms with Crippen molar-refractivity contribution in [3.8, 4) is 16.9 Å². The zero-order valence-electron chi connectivity index (χ0n) is 12.7. The van der Waals surface area contributed by atoms with Crippen molar-refractivity contribution in [1.82, 2.24) is 19.7 Å². The van der Waals surface area contributed by atoms with E-state index in [9.17, 15) is 13.2 Å². The molecule has 0 bridgehead atoms. The summed E-state index contributed by atoms with van der Waals surface area (Å²) in [5.74, 6) is 1.59. The van der Waals surface area contributed by atoms with Crippen LogP contribution in [0.25, 0.3) is 16.9 Å². The van der Waals surface area contributed by atoms with Gasteiger partial charge in [0, 0.05) is 29.7 Å². The predicted octanol–water partition coefficient (Wildman–Crippen LogP) is 4.46. The molecule has 0 radical (unpaired) electrons. The van der Waals surface area contributed by atoms with Gasteiger partial charge in [-0.3, -0.25) is 4.98 Å². The number of thioether (sulfide) groups is 1. The van der Waals surface area contributed by atoms with Crippen LogP contribution in [0.1, 0.15) is 12.6 Å². The molecule has 0 aliphatic rings. The second-order valence-electron chi connectivity index (χ2n) is 4.86. The van der Waals surface area contributed by atoms with E-state index in [4.69, 9.17) is 0 Å². The van der Waals surface area contributed by atoms with Crippen LogP contribution >= 0.6 is 11.8 Å². The molecule has 0 aliphatic carbocycles. The first kappa shape index (κ1) is 16.5. The van der Waals surface area contributed by atoms with Crippen LogP contribution in [0.15, 0.2) is 53.9 Å². The van der Waals surface area contributed by atoms with Gasteiger partial charge in [-0.05, 0) is 24.0 Å². The molecule has 3 aromatic heterocycles. The maximum absolute atomic E-state index is 12.6. The monoisotopic (exact) mass is 350 g/mol. The Hall–Kier alpha value is -2.35. The average molecular weight is 350 g/mol. The van der Waals surface area contributed by atoms with Gasteiger partial charge >= 0.3 is 6.18 Å². The highest BCUT2D eigenvalue weighted by Gasteiger charge is 2.32. The Balaban J connectivity index is 1.91. The summed E-state index contributed by atoms with van der Waals surface area (Å²) in [6.45, 7) is 2.05. The lowest BCUT2D eigenvalue weighted by atomic mass is 10.1. The first-order valence-electron chi connectivity index (χ1n) is 7.15. The molecule has 0 unspecified atom stereocenters. The molecule has 0 amide bonds. The number of aromatic nitrogens is 4. The fraction of sp³-hybridized carbons (Fsp3) is 0.188. The third-order valence-electron chi connectivity index (χ3n) is 3.24. The molecule has 3 heterocycles. The fourth-order valence-corrected chi connectivity index (χ4v) is 2.90. The van der Waals surface area contributed by atoms with Crippen LogP contribution in [-0.2, 0) is 6.18 Å². The predicted molar refractivity (Wildman–Crippen MR) is 86.0 cm³/mol. The van der Waals surface area contributed by atoms with Crippen LogP contribution in [0.3, 0.4) is 0 Å². The van der Waals surface area contributed by atoms with Crippen molar-refractivity contribution in [3.63, 3.8) is 0 Å². The van der Waals surface area contributed by atoms with Gasteiger partial charge in [-0.1, -0.05) is 13.0 Å². The first-order valence-corrected chi connectivity index (χ1v) is 8.14. The highest BCUT2D eigenvalue weighted by molar-refractivity contribution is 7.99. The van der Waals surface area contributed by atoms with E-state index in [1.807, 2.05) is 19.1 Å². The van der Waals surface area contributed by atoms with Crippen molar-refractivity contribution in [2.75, 3.05) is 5.75 Å². The normalized spacial score (nSPS) is 11.7. The third-order valence-corrected chi connectivity index (χ3v) is 4.16. The van der Waals surface area contributed by atoms with E-state index in [-0.39, 0.29) is 0 Å². The summed E-state index contributed by atoms with van der Waals surface area (Å²) in [6, 6.07) is 6.16. The van der Waals surface area contributed by atoms with Crippen molar-refractivity contribution >= 4 is 11.8 Å². The highest BCUT2D eigenvalue weighted by atomic mass is 32.2. The van der Waals surface area contributed by atoms with Gasteiger partial charge in [0.25, 0.3) is 0 Å². The summed E-state index contributed by atoms with van der Waals surface area (Å²) in [6.07, 6.45) is 1.75. The molecule has 3 rings (SSSR count). The van der Waals surface area contributed by atoms with E-state index in [2.05, 4.69) is 15.1 Å². The maximum Gasteiger partial charge on any atom is 0.433 e. The quantitative estimate of drug-likeness (QED) is 0.652. The lowest BCUT2D eigenvalue weighted by Gasteiger charge is -2.06. The number of rotatable bonds is 4. The highest BCUT2D eigenvalue weighted by Crippen LogP contribution is 2.29. The Labute approximate surface area is 140 Å². The first-order chi connectivity index (χ1) is 11.5. The standard InChI is InChI=1S/C16H13F3N4S/c1-2-24-13-4-3-7-20-15(13)23-10-12(9-22-23)11-5-6-14(21-8-11)16(17,18)19/h3-10H,2H2,1H3. The van der Waals surface area contributed by atoms with Crippen LogP contribution in [0.4, 0.5) is 13.2 Å². The zero-order chi connectivity index (χ0) is 17.2. The molecular formula is C16H13F3N4S. The van der Waals surface area contributed by atoms with Crippen molar-refractivity contribution in [2.45, 2.75) is 18.0 Å². The summed E-state index contributed by atoms with van der Waals surface area (Å²) in [7, 11) is 0. The molecule has 0 aliphatic heterocycles. The van der Waals surface area contributed by atoms with Crippen LogP contribution in [0.2, 0.25) is 0 Å². The molecule has 0 atom stereocenters. The lowest BCUT2D eigenvalue weighted by Crippen LogP contribution is -2.07. The van der Waals surface area contributed by atoms with E-state index in [0.29, 0.717) is 16.9 Å². The molecular weight excluding hydrogens is 337 g/mol. The van der Waals surface area contributed by atoms with Crippen LogP contribution < -0.4 is 0 Å². The van der Waals surface area contributed by atoms with E-state index >= 15 is 0 Å². The van der Waals surface area contributed by atoms with Gasteiger partial charge in [0.2, 0.25) is 0 Å².